The van der Waals surface area contributed by atoms with Crippen molar-refractivity contribution < 1.29 is 9.13 Å². The van der Waals surface area contributed by atoms with Crippen LogP contribution < -0.4 is 0 Å². The van der Waals surface area contributed by atoms with Crippen LogP contribution in [0.15, 0.2) is 22.7 Å². The fourth-order valence-electron chi connectivity index (χ4n) is 1.28. The Morgan fingerprint density at radius 3 is 2.69 bits per heavy atom. The molecular weight excluding hydrogens is 258 g/mol. The highest BCUT2D eigenvalue weighted by molar-refractivity contribution is 9.10. The van der Waals surface area contributed by atoms with Gasteiger partial charge in [-0.15, -0.1) is 11.6 Å². The Labute approximate surface area is 89.0 Å². The SMILES string of the molecule is Fc1ccc(Br)cc1C1(Cl)COC1. The van der Waals surface area contributed by atoms with Crippen molar-refractivity contribution in [2.45, 2.75) is 4.87 Å². The van der Waals surface area contributed by atoms with Crippen LogP contribution in [0.2, 0.25) is 0 Å². The molecule has 0 radical (unpaired) electrons. The van der Waals surface area contributed by atoms with Crippen molar-refractivity contribution in [1.82, 2.24) is 0 Å². The summed E-state index contributed by atoms with van der Waals surface area (Å²) in [6.07, 6.45) is 0. The normalized spacial score (nSPS) is 19.6. The summed E-state index contributed by atoms with van der Waals surface area (Å²) in [6.45, 7) is 0.754. The van der Waals surface area contributed by atoms with Gasteiger partial charge >= 0.3 is 0 Å². The van der Waals surface area contributed by atoms with Crippen LogP contribution in [0.3, 0.4) is 0 Å². The van der Waals surface area contributed by atoms with Gasteiger partial charge < -0.3 is 4.74 Å². The zero-order valence-corrected chi connectivity index (χ0v) is 9.03. The maximum atomic E-state index is 13.3. The lowest BCUT2D eigenvalue weighted by Crippen LogP contribution is -2.42. The van der Waals surface area contributed by atoms with Gasteiger partial charge in [0.1, 0.15) is 10.7 Å². The van der Waals surface area contributed by atoms with Crippen LogP contribution in [0, 0.1) is 5.82 Å². The first-order valence-electron chi connectivity index (χ1n) is 3.84. The van der Waals surface area contributed by atoms with Gasteiger partial charge in [0.2, 0.25) is 0 Å². The van der Waals surface area contributed by atoms with Crippen LogP contribution in [0.5, 0.6) is 0 Å². The second kappa shape index (κ2) is 3.23. The first-order valence-corrected chi connectivity index (χ1v) is 5.01. The van der Waals surface area contributed by atoms with Crippen LogP contribution in [-0.4, -0.2) is 13.2 Å². The predicted octanol–water partition coefficient (Wildman–Crippen LogP) is 3.05. The molecule has 1 aliphatic rings. The van der Waals surface area contributed by atoms with Gasteiger partial charge in [-0.1, -0.05) is 15.9 Å². The topological polar surface area (TPSA) is 9.23 Å². The molecule has 1 aliphatic heterocycles. The molecule has 1 heterocycles. The summed E-state index contributed by atoms with van der Waals surface area (Å²) in [5.41, 5.74) is 0.509. The largest absolute Gasteiger partial charge is 0.377 e. The fraction of sp³-hybridized carbons (Fsp3) is 0.333. The summed E-state index contributed by atoms with van der Waals surface area (Å²) in [5, 5.41) is 0. The molecule has 0 spiro atoms. The van der Waals surface area contributed by atoms with Crippen molar-refractivity contribution in [1.29, 1.82) is 0 Å². The minimum atomic E-state index is -0.659. The minimum Gasteiger partial charge on any atom is -0.377 e. The number of alkyl halides is 1. The van der Waals surface area contributed by atoms with Crippen molar-refractivity contribution in [3.05, 3.63) is 34.1 Å². The molecule has 0 aromatic heterocycles. The van der Waals surface area contributed by atoms with Crippen LogP contribution in [0.4, 0.5) is 4.39 Å². The Kier molecular flexibility index (Phi) is 2.34. The molecule has 0 unspecified atom stereocenters. The van der Waals surface area contributed by atoms with Crippen LogP contribution in [-0.2, 0) is 9.61 Å². The second-order valence-electron chi connectivity index (χ2n) is 3.08. The van der Waals surface area contributed by atoms with E-state index in [1.807, 2.05) is 0 Å². The predicted molar refractivity (Wildman–Crippen MR) is 52.5 cm³/mol. The Bertz CT molecular complexity index is 338. The van der Waals surface area contributed by atoms with E-state index >= 15 is 0 Å². The number of hydrogen-bond donors (Lipinski definition) is 0. The lowest BCUT2D eigenvalue weighted by atomic mass is 9.96. The maximum Gasteiger partial charge on any atom is 0.128 e. The minimum absolute atomic E-state index is 0.276. The molecule has 1 aromatic rings. The fourth-order valence-corrected chi connectivity index (χ4v) is 1.94. The summed E-state index contributed by atoms with van der Waals surface area (Å²) < 4.78 is 19.1. The Morgan fingerprint density at radius 1 is 1.46 bits per heavy atom. The zero-order chi connectivity index (χ0) is 9.47. The smallest absolute Gasteiger partial charge is 0.128 e. The van der Waals surface area contributed by atoms with Crippen LogP contribution in [0.25, 0.3) is 0 Å². The summed E-state index contributed by atoms with van der Waals surface area (Å²) >= 11 is 9.40. The van der Waals surface area contributed by atoms with E-state index in [9.17, 15) is 4.39 Å². The lowest BCUT2D eigenvalue weighted by molar-refractivity contribution is -0.0167. The number of rotatable bonds is 1. The highest BCUT2D eigenvalue weighted by Gasteiger charge is 2.40. The van der Waals surface area contributed by atoms with Gasteiger partial charge in [-0.05, 0) is 18.2 Å². The molecule has 4 heteroatoms. The van der Waals surface area contributed by atoms with E-state index in [2.05, 4.69) is 15.9 Å². The molecule has 0 bridgehead atoms. The van der Waals surface area contributed by atoms with Gasteiger partial charge in [-0.3, -0.25) is 0 Å². The maximum absolute atomic E-state index is 13.3. The Hall–Kier alpha value is -0.120. The van der Waals surface area contributed by atoms with Crippen molar-refractivity contribution in [3.8, 4) is 0 Å². The van der Waals surface area contributed by atoms with Crippen molar-refractivity contribution in [3.63, 3.8) is 0 Å². The number of benzene rings is 1. The molecule has 1 aromatic carbocycles. The monoisotopic (exact) mass is 264 g/mol. The van der Waals surface area contributed by atoms with E-state index in [0.29, 0.717) is 18.8 Å². The Balaban J connectivity index is 2.43. The van der Waals surface area contributed by atoms with Gasteiger partial charge in [-0.25, -0.2) is 4.39 Å². The summed E-state index contributed by atoms with van der Waals surface area (Å²) in [6, 6.07) is 4.76. The number of halogens is 3. The number of hydrogen-bond acceptors (Lipinski definition) is 1. The van der Waals surface area contributed by atoms with E-state index < -0.39 is 4.87 Å². The molecule has 2 rings (SSSR count). The summed E-state index contributed by atoms with van der Waals surface area (Å²) in [4.78, 5) is -0.659. The lowest BCUT2D eigenvalue weighted by Gasteiger charge is -2.36. The van der Waals surface area contributed by atoms with Gasteiger partial charge in [-0.2, -0.15) is 0 Å². The Morgan fingerprint density at radius 2 is 2.15 bits per heavy atom. The molecule has 1 nitrogen and oxygen atoms in total. The average Bonchev–Trinajstić information content (AvgIpc) is 2.05. The molecular formula is C9H7BrClFO. The quantitative estimate of drug-likeness (QED) is 0.709. The van der Waals surface area contributed by atoms with Crippen molar-refractivity contribution in [2.75, 3.05) is 13.2 Å². The third-order valence-electron chi connectivity index (χ3n) is 2.07. The average molecular weight is 266 g/mol. The first kappa shape index (κ1) is 9.44. The third kappa shape index (κ3) is 1.60. The molecule has 0 amide bonds. The van der Waals surface area contributed by atoms with E-state index in [4.69, 9.17) is 16.3 Å². The molecule has 0 atom stereocenters. The summed E-state index contributed by atoms with van der Waals surface area (Å²) in [7, 11) is 0. The first-order chi connectivity index (χ1) is 6.12. The molecule has 1 saturated heterocycles. The van der Waals surface area contributed by atoms with E-state index in [0.717, 1.165) is 4.47 Å². The summed E-state index contributed by atoms with van der Waals surface area (Å²) in [5.74, 6) is -0.276. The van der Waals surface area contributed by atoms with E-state index in [1.54, 1.807) is 12.1 Å². The van der Waals surface area contributed by atoms with Crippen molar-refractivity contribution in [2.24, 2.45) is 0 Å². The highest BCUT2D eigenvalue weighted by Crippen LogP contribution is 2.38. The van der Waals surface area contributed by atoms with Gasteiger partial charge in [0.15, 0.2) is 0 Å². The third-order valence-corrected chi connectivity index (χ3v) is 2.99. The van der Waals surface area contributed by atoms with Crippen LogP contribution >= 0.6 is 27.5 Å². The second-order valence-corrected chi connectivity index (χ2v) is 4.72. The number of ether oxygens (including phenoxy) is 1. The molecule has 0 N–H and O–H groups in total. The molecule has 0 saturated carbocycles. The van der Waals surface area contributed by atoms with Gasteiger partial charge in [0, 0.05) is 10.0 Å². The van der Waals surface area contributed by atoms with Crippen molar-refractivity contribution >= 4 is 27.5 Å². The van der Waals surface area contributed by atoms with E-state index in [1.165, 1.54) is 6.07 Å². The standard InChI is InChI=1S/C9H7BrClFO/c10-6-1-2-8(12)7(3-6)9(11)4-13-5-9/h1-3H,4-5H2. The molecule has 1 fully saturated rings. The highest BCUT2D eigenvalue weighted by atomic mass is 79.9. The molecule has 0 aliphatic carbocycles. The van der Waals surface area contributed by atoms with Gasteiger partial charge in [0.25, 0.3) is 0 Å². The molecule has 13 heavy (non-hydrogen) atoms. The van der Waals surface area contributed by atoms with Crippen LogP contribution in [0.1, 0.15) is 5.56 Å². The van der Waals surface area contributed by atoms with E-state index in [-0.39, 0.29) is 5.82 Å². The van der Waals surface area contributed by atoms with Gasteiger partial charge in [0.05, 0.1) is 13.2 Å². The zero-order valence-electron chi connectivity index (χ0n) is 6.69. The molecule has 70 valence electrons.